The molecule has 0 aliphatic heterocycles. The van der Waals surface area contributed by atoms with E-state index in [4.69, 9.17) is 16.7 Å². The zero-order chi connectivity index (χ0) is 21.0. The van der Waals surface area contributed by atoms with Gasteiger partial charge in [-0.2, -0.15) is 5.26 Å². The van der Waals surface area contributed by atoms with E-state index in [1.807, 2.05) is 6.07 Å². The highest BCUT2D eigenvalue weighted by Crippen LogP contribution is 2.33. The molecule has 7 N–H and O–H groups in total. The van der Waals surface area contributed by atoms with Crippen LogP contribution in [0.15, 0.2) is 42.5 Å². The van der Waals surface area contributed by atoms with Gasteiger partial charge in [0.2, 0.25) is 0 Å². The third-order valence-electron chi connectivity index (χ3n) is 4.68. The van der Waals surface area contributed by atoms with Crippen molar-refractivity contribution in [2.24, 2.45) is 11.5 Å². The molecule has 3 aromatic rings. The Bertz CT molecular complexity index is 1060. The number of carbonyl (C=O) groups excluding carboxylic acids is 1. The number of aliphatic hydroxyl groups is 1. The van der Waals surface area contributed by atoms with Gasteiger partial charge >= 0.3 is 0 Å². The quantitative estimate of drug-likeness (QED) is 0.389. The number of halogens is 2. The molecule has 0 fully saturated rings. The molecule has 9 heteroatoms. The van der Waals surface area contributed by atoms with E-state index in [0.717, 1.165) is 0 Å². The number of nitrogens with two attached hydrogens (primary N) is 2. The molecule has 1 heterocycles. The molecule has 0 bridgehead atoms. The largest absolute Gasteiger partial charge is 0.392 e. The van der Waals surface area contributed by atoms with Gasteiger partial charge in [0.25, 0.3) is 5.91 Å². The Kier molecular flexibility index (Phi) is 7.92. The fraction of sp³-hybridized carbons (Fsp3) is 0.238. The number of aliphatic hydroxyl groups excluding tert-OH is 1. The van der Waals surface area contributed by atoms with Gasteiger partial charge in [-0.1, -0.05) is 24.3 Å². The molecule has 1 unspecified atom stereocenters. The third kappa shape index (κ3) is 4.96. The number of benzene rings is 2. The van der Waals surface area contributed by atoms with Gasteiger partial charge in [-0.15, -0.1) is 12.4 Å². The molecule has 0 aliphatic rings. The van der Waals surface area contributed by atoms with Gasteiger partial charge in [0.1, 0.15) is 11.5 Å². The predicted molar refractivity (Wildman–Crippen MR) is 116 cm³/mol. The normalized spacial score (nSPS) is 12.6. The smallest absolute Gasteiger partial charge is 0.268 e. The fourth-order valence-electron chi connectivity index (χ4n) is 3.20. The number of hydrogen-bond donors (Lipinski definition) is 5. The summed E-state index contributed by atoms with van der Waals surface area (Å²) >= 11 is 0. The molecule has 158 valence electrons. The van der Waals surface area contributed by atoms with Crippen LogP contribution in [-0.2, 0) is 0 Å². The molecule has 0 saturated carbocycles. The van der Waals surface area contributed by atoms with E-state index in [9.17, 15) is 14.3 Å². The van der Waals surface area contributed by atoms with Crippen LogP contribution in [0.25, 0.3) is 22.0 Å². The second-order valence-corrected chi connectivity index (χ2v) is 6.82. The van der Waals surface area contributed by atoms with Gasteiger partial charge in [0, 0.05) is 30.1 Å². The summed E-state index contributed by atoms with van der Waals surface area (Å²) in [4.78, 5) is 15.7. The molecular weight excluding hydrogens is 409 g/mol. The van der Waals surface area contributed by atoms with Crippen molar-refractivity contribution in [2.75, 3.05) is 13.1 Å². The Labute approximate surface area is 179 Å². The molecule has 0 saturated heterocycles. The predicted octanol–water partition coefficient (Wildman–Crippen LogP) is 2.03. The van der Waals surface area contributed by atoms with Crippen LogP contribution in [0, 0.1) is 17.1 Å². The molecule has 7 nitrogen and oxygen atoms in total. The maximum Gasteiger partial charge on any atom is 0.268 e. The van der Waals surface area contributed by atoms with Gasteiger partial charge in [0.15, 0.2) is 0 Å². The van der Waals surface area contributed by atoms with Crippen LogP contribution in [0.2, 0.25) is 0 Å². The molecule has 2 aromatic carbocycles. The van der Waals surface area contributed by atoms with Crippen molar-refractivity contribution in [3.8, 4) is 17.2 Å². The summed E-state index contributed by atoms with van der Waals surface area (Å²) in [5.41, 5.74) is 13.4. The van der Waals surface area contributed by atoms with Gasteiger partial charge in [-0.25, -0.2) is 4.39 Å². The lowest BCUT2D eigenvalue weighted by molar-refractivity contribution is 0.0941. The van der Waals surface area contributed by atoms with E-state index >= 15 is 0 Å². The topological polar surface area (TPSA) is 141 Å². The number of nitrogens with one attached hydrogen (secondary N) is 2. The van der Waals surface area contributed by atoms with Gasteiger partial charge in [-0.05, 0) is 30.2 Å². The number of hydrogen-bond acceptors (Lipinski definition) is 5. The van der Waals surface area contributed by atoms with Crippen molar-refractivity contribution in [3.63, 3.8) is 0 Å². The highest BCUT2D eigenvalue weighted by molar-refractivity contribution is 6.09. The lowest BCUT2D eigenvalue weighted by atomic mass is 10.00. The number of aromatic amines is 1. The number of carbonyl (C=O) groups is 1. The highest BCUT2D eigenvalue weighted by Gasteiger charge is 2.21. The number of fused-ring (bicyclic) bond motifs is 1. The van der Waals surface area contributed by atoms with Crippen LogP contribution >= 0.6 is 12.4 Å². The van der Waals surface area contributed by atoms with Crippen LogP contribution in [0.3, 0.4) is 0 Å². The number of rotatable bonds is 7. The second-order valence-electron chi connectivity index (χ2n) is 6.82. The standard InChI is InChI=1S/C21H22FN5O2.ClH/c22-17-3-1-2-16-18(13-6-4-12(9-23)5-7-13)20(27-19(16)17)21(29)26-11-14(25)8-15(28)10-24;/h1-7,14-15,27-28H,8,10-11,24-25H2,(H,26,29);1H/t14-,15?;/m0./s1. The summed E-state index contributed by atoms with van der Waals surface area (Å²) in [7, 11) is 0. The summed E-state index contributed by atoms with van der Waals surface area (Å²) in [6.45, 7) is 0.215. The van der Waals surface area contributed by atoms with E-state index in [1.165, 1.54) is 6.07 Å². The van der Waals surface area contributed by atoms with Crippen molar-refractivity contribution < 1.29 is 14.3 Å². The Morgan fingerprint density at radius 1 is 1.27 bits per heavy atom. The first-order valence-corrected chi connectivity index (χ1v) is 9.17. The average molecular weight is 432 g/mol. The molecule has 30 heavy (non-hydrogen) atoms. The molecule has 0 aliphatic carbocycles. The van der Waals surface area contributed by atoms with E-state index in [1.54, 1.807) is 36.4 Å². The van der Waals surface area contributed by atoms with Gasteiger partial charge in [-0.3, -0.25) is 4.79 Å². The minimum atomic E-state index is -0.738. The summed E-state index contributed by atoms with van der Waals surface area (Å²) in [5.74, 6) is -0.920. The Morgan fingerprint density at radius 3 is 2.60 bits per heavy atom. The molecule has 1 amide bonds. The van der Waals surface area contributed by atoms with Crippen molar-refractivity contribution >= 4 is 29.2 Å². The zero-order valence-corrected chi connectivity index (χ0v) is 16.9. The van der Waals surface area contributed by atoms with Crippen LogP contribution in [0.1, 0.15) is 22.5 Å². The van der Waals surface area contributed by atoms with Crippen molar-refractivity contribution in [1.82, 2.24) is 10.3 Å². The summed E-state index contributed by atoms with van der Waals surface area (Å²) < 4.78 is 14.3. The summed E-state index contributed by atoms with van der Waals surface area (Å²) in [5, 5.41) is 21.9. The third-order valence-corrected chi connectivity index (χ3v) is 4.68. The van der Waals surface area contributed by atoms with Crippen molar-refractivity contribution in [3.05, 3.63) is 59.5 Å². The van der Waals surface area contributed by atoms with Gasteiger partial charge in [0.05, 0.1) is 23.3 Å². The number of H-pyrrole nitrogens is 1. The van der Waals surface area contributed by atoms with Crippen LogP contribution < -0.4 is 16.8 Å². The lowest BCUT2D eigenvalue weighted by Crippen LogP contribution is -2.40. The molecule has 0 radical (unpaired) electrons. The number of aromatic nitrogens is 1. The van der Waals surface area contributed by atoms with Crippen molar-refractivity contribution in [2.45, 2.75) is 18.6 Å². The second kappa shape index (κ2) is 10.2. The maximum atomic E-state index is 14.3. The Morgan fingerprint density at radius 2 is 1.97 bits per heavy atom. The van der Waals surface area contributed by atoms with E-state index < -0.39 is 23.9 Å². The van der Waals surface area contributed by atoms with Crippen LogP contribution in [0.4, 0.5) is 4.39 Å². The molecular formula is C21H23ClFN5O2. The number of nitriles is 1. The molecule has 2 atom stereocenters. The average Bonchev–Trinajstić information content (AvgIpc) is 3.13. The van der Waals surface area contributed by atoms with Crippen LogP contribution in [0.5, 0.6) is 0 Å². The molecule has 0 spiro atoms. The van der Waals surface area contributed by atoms with Crippen LogP contribution in [-0.4, -0.2) is 41.2 Å². The number of nitrogens with zero attached hydrogens (tertiary/aromatic N) is 1. The first-order chi connectivity index (χ1) is 13.9. The lowest BCUT2D eigenvalue weighted by Gasteiger charge is -2.16. The van der Waals surface area contributed by atoms with Gasteiger partial charge < -0.3 is 26.9 Å². The monoisotopic (exact) mass is 431 g/mol. The minimum absolute atomic E-state index is 0. The minimum Gasteiger partial charge on any atom is -0.392 e. The maximum absolute atomic E-state index is 14.3. The van der Waals surface area contributed by atoms with E-state index in [2.05, 4.69) is 10.3 Å². The molecule has 1 aromatic heterocycles. The summed E-state index contributed by atoms with van der Waals surface area (Å²) in [6, 6.07) is 12.9. The number of para-hydroxylation sites is 1. The first kappa shape index (κ1) is 23.3. The van der Waals surface area contributed by atoms with E-state index in [-0.39, 0.29) is 43.1 Å². The SMILES string of the molecule is Cl.N#Cc1ccc(-c2c(C(=O)NC[C@@H](N)CC(O)CN)[nH]c3c(F)cccc23)cc1. The summed E-state index contributed by atoms with van der Waals surface area (Å²) in [6.07, 6.45) is -0.487. The molecule has 3 rings (SSSR count). The fourth-order valence-corrected chi connectivity index (χ4v) is 3.20. The van der Waals surface area contributed by atoms with E-state index in [0.29, 0.717) is 22.1 Å². The number of amides is 1. The van der Waals surface area contributed by atoms with Crippen molar-refractivity contribution in [1.29, 1.82) is 5.26 Å². The Hall–Kier alpha value is -2.96. The zero-order valence-electron chi connectivity index (χ0n) is 16.1. The highest BCUT2D eigenvalue weighted by atomic mass is 35.5. The Balaban J connectivity index is 0.00000320. The first-order valence-electron chi connectivity index (χ1n) is 9.17.